The fraction of sp³-hybridized carbons (Fsp3) is 0.625. The van der Waals surface area contributed by atoms with Crippen LogP contribution >= 0.6 is 0 Å². The summed E-state index contributed by atoms with van der Waals surface area (Å²) in [4.78, 5) is 2.40. The molecule has 3 aliphatic heterocycles. The van der Waals surface area contributed by atoms with E-state index in [9.17, 15) is 8.42 Å². The van der Waals surface area contributed by atoms with Crippen molar-refractivity contribution in [2.45, 2.75) is 25.4 Å². The van der Waals surface area contributed by atoms with Crippen molar-refractivity contribution in [2.75, 3.05) is 33.0 Å². The fourth-order valence-corrected chi connectivity index (χ4v) is 4.86. The van der Waals surface area contributed by atoms with Gasteiger partial charge >= 0.3 is 0 Å². The quantitative estimate of drug-likeness (QED) is 0.843. The summed E-state index contributed by atoms with van der Waals surface area (Å²) >= 11 is 0. The van der Waals surface area contributed by atoms with Gasteiger partial charge < -0.3 is 4.74 Å². The van der Waals surface area contributed by atoms with Crippen LogP contribution in [-0.2, 0) is 16.6 Å². The van der Waals surface area contributed by atoms with Gasteiger partial charge in [0.2, 0.25) is 10.0 Å². The van der Waals surface area contributed by atoms with Gasteiger partial charge in [-0.15, -0.1) is 0 Å². The number of ether oxygens (including phenoxy) is 1. The molecule has 22 heavy (non-hydrogen) atoms. The van der Waals surface area contributed by atoms with Crippen LogP contribution in [0.15, 0.2) is 24.3 Å². The third-order valence-electron chi connectivity index (χ3n) is 4.73. The van der Waals surface area contributed by atoms with E-state index in [-0.39, 0.29) is 6.04 Å². The number of hydrogen-bond acceptors (Lipinski definition) is 4. The molecule has 0 saturated carbocycles. The van der Waals surface area contributed by atoms with Crippen LogP contribution in [0, 0.1) is 5.92 Å². The first-order valence-electron chi connectivity index (χ1n) is 7.78. The highest BCUT2D eigenvalue weighted by molar-refractivity contribution is 7.88. The minimum absolute atomic E-state index is 0.131. The highest BCUT2D eigenvalue weighted by Gasteiger charge is 2.38. The predicted octanol–water partition coefficient (Wildman–Crippen LogP) is 1.55. The Kier molecular flexibility index (Phi) is 4.43. The number of hydrogen-bond donors (Lipinski definition) is 0. The van der Waals surface area contributed by atoms with E-state index in [2.05, 4.69) is 17.0 Å². The molecule has 0 unspecified atom stereocenters. The van der Waals surface area contributed by atoms with Crippen molar-refractivity contribution in [1.82, 2.24) is 9.21 Å². The van der Waals surface area contributed by atoms with E-state index in [1.165, 1.54) is 11.8 Å². The second kappa shape index (κ2) is 6.18. The van der Waals surface area contributed by atoms with Gasteiger partial charge in [0.1, 0.15) is 5.75 Å². The fourth-order valence-electron chi connectivity index (χ4n) is 3.66. The topological polar surface area (TPSA) is 49.9 Å². The first kappa shape index (κ1) is 15.8. The second-order valence-corrected chi connectivity index (χ2v) is 8.41. The first-order chi connectivity index (χ1) is 10.5. The average Bonchev–Trinajstić information content (AvgIpc) is 2.78. The molecule has 0 spiro atoms. The lowest BCUT2D eigenvalue weighted by atomic mass is 9.97. The average molecular weight is 324 g/mol. The molecule has 4 rings (SSSR count). The summed E-state index contributed by atoms with van der Waals surface area (Å²) in [6, 6.07) is 8.25. The van der Waals surface area contributed by atoms with Gasteiger partial charge in [0, 0.05) is 32.2 Å². The lowest BCUT2D eigenvalue weighted by Crippen LogP contribution is -2.46. The van der Waals surface area contributed by atoms with Crippen molar-refractivity contribution in [3.8, 4) is 5.75 Å². The highest BCUT2D eigenvalue weighted by Crippen LogP contribution is 2.30. The van der Waals surface area contributed by atoms with E-state index in [1.807, 2.05) is 12.1 Å². The van der Waals surface area contributed by atoms with Crippen LogP contribution in [0.3, 0.4) is 0 Å². The molecule has 3 heterocycles. The van der Waals surface area contributed by atoms with Gasteiger partial charge in [0.25, 0.3) is 0 Å². The standard InChI is InChI=1S/C16H24N2O3S/c1-21-16-7-4-13(5-8-16)9-17-10-14-3-6-15(12-17)18(11-14)22(2,19)20/h4-5,7-8,14-15H,3,6,9-12H2,1-2H3/t14-,15+/m1/s1. The van der Waals surface area contributed by atoms with Crippen molar-refractivity contribution in [1.29, 1.82) is 0 Å². The van der Waals surface area contributed by atoms with E-state index in [4.69, 9.17) is 4.74 Å². The van der Waals surface area contributed by atoms with Gasteiger partial charge in [-0.3, -0.25) is 4.90 Å². The molecule has 0 N–H and O–H groups in total. The zero-order chi connectivity index (χ0) is 15.7. The van der Waals surface area contributed by atoms with Crippen LogP contribution in [-0.4, -0.2) is 56.7 Å². The largest absolute Gasteiger partial charge is 0.497 e. The zero-order valence-electron chi connectivity index (χ0n) is 13.2. The van der Waals surface area contributed by atoms with E-state index < -0.39 is 10.0 Å². The Balaban J connectivity index is 1.71. The Morgan fingerprint density at radius 2 is 1.86 bits per heavy atom. The maximum absolute atomic E-state index is 12.0. The van der Waals surface area contributed by atoms with Crippen molar-refractivity contribution < 1.29 is 13.2 Å². The summed E-state index contributed by atoms with van der Waals surface area (Å²) in [6.45, 7) is 3.36. The van der Waals surface area contributed by atoms with Crippen LogP contribution in [0.1, 0.15) is 18.4 Å². The minimum atomic E-state index is -3.10. The Morgan fingerprint density at radius 3 is 2.50 bits per heavy atom. The molecule has 2 atom stereocenters. The van der Waals surface area contributed by atoms with Gasteiger partial charge in [-0.2, -0.15) is 4.31 Å². The van der Waals surface area contributed by atoms with Crippen LogP contribution in [0.25, 0.3) is 0 Å². The number of nitrogens with zero attached hydrogens (tertiary/aromatic N) is 2. The normalized spacial score (nSPS) is 26.8. The monoisotopic (exact) mass is 324 g/mol. The number of sulfonamides is 1. The summed E-state index contributed by atoms with van der Waals surface area (Å²) in [5.41, 5.74) is 1.24. The molecule has 0 aliphatic carbocycles. The third-order valence-corrected chi connectivity index (χ3v) is 6.03. The lowest BCUT2D eigenvalue weighted by molar-refractivity contribution is 0.227. The number of methoxy groups -OCH3 is 1. The molecule has 1 aromatic rings. The second-order valence-electron chi connectivity index (χ2n) is 6.47. The molecule has 1 aromatic carbocycles. The molecular formula is C16H24N2O3S. The molecular weight excluding hydrogens is 300 g/mol. The molecule has 0 amide bonds. The Hall–Kier alpha value is -1.11. The maximum atomic E-state index is 12.0. The van der Waals surface area contributed by atoms with Gasteiger partial charge in [-0.05, 0) is 36.5 Å². The number of piperidine rings is 1. The van der Waals surface area contributed by atoms with Crippen LogP contribution in [0.4, 0.5) is 0 Å². The third kappa shape index (κ3) is 3.45. The van der Waals surface area contributed by atoms with Crippen molar-refractivity contribution in [2.24, 2.45) is 5.92 Å². The highest BCUT2D eigenvalue weighted by atomic mass is 32.2. The van der Waals surface area contributed by atoms with Crippen LogP contribution < -0.4 is 4.74 Å². The predicted molar refractivity (Wildman–Crippen MR) is 86.3 cm³/mol. The number of fused-ring (bicyclic) bond motifs is 4. The van der Waals surface area contributed by atoms with Crippen LogP contribution in [0.2, 0.25) is 0 Å². The maximum Gasteiger partial charge on any atom is 0.211 e. The van der Waals surface area contributed by atoms with E-state index >= 15 is 0 Å². The zero-order valence-corrected chi connectivity index (χ0v) is 14.1. The number of benzene rings is 1. The van der Waals surface area contributed by atoms with E-state index in [0.717, 1.165) is 38.2 Å². The molecule has 122 valence electrons. The SMILES string of the molecule is COc1ccc(CN2C[C@H]3CC[C@@H](C2)N(S(C)(=O)=O)C3)cc1. The molecule has 5 nitrogen and oxygen atoms in total. The lowest BCUT2D eigenvalue weighted by Gasteiger charge is -2.34. The molecule has 3 aliphatic rings. The Bertz CT molecular complexity index is 615. The molecule has 3 fully saturated rings. The Labute approximate surface area is 132 Å². The van der Waals surface area contributed by atoms with Crippen LogP contribution in [0.5, 0.6) is 5.75 Å². The van der Waals surface area contributed by atoms with Gasteiger partial charge in [0.05, 0.1) is 13.4 Å². The first-order valence-corrected chi connectivity index (χ1v) is 9.62. The van der Waals surface area contributed by atoms with Crippen molar-refractivity contribution in [3.63, 3.8) is 0 Å². The summed E-state index contributed by atoms with van der Waals surface area (Å²) in [6.07, 6.45) is 3.45. The molecule has 6 heteroatoms. The van der Waals surface area contributed by atoms with Gasteiger partial charge in [-0.25, -0.2) is 8.42 Å². The summed E-state index contributed by atoms with van der Waals surface area (Å²) in [5, 5.41) is 0. The summed E-state index contributed by atoms with van der Waals surface area (Å²) < 4.78 is 30.8. The Morgan fingerprint density at radius 1 is 1.14 bits per heavy atom. The van der Waals surface area contributed by atoms with Gasteiger partial charge in [0.15, 0.2) is 0 Å². The molecule has 2 bridgehead atoms. The minimum Gasteiger partial charge on any atom is -0.497 e. The smallest absolute Gasteiger partial charge is 0.211 e. The molecule has 0 aromatic heterocycles. The van der Waals surface area contributed by atoms with E-state index in [1.54, 1.807) is 11.4 Å². The van der Waals surface area contributed by atoms with E-state index in [0.29, 0.717) is 12.5 Å². The van der Waals surface area contributed by atoms with Gasteiger partial charge in [-0.1, -0.05) is 12.1 Å². The molecule has 0 radical (unpaired) electrons. The van der Waals surface area contributed by atoms with Crippen molar-refractivity contribution in [3.05, 3.63) is 29.8 Å². The number of rotatable bonds is 4. The summed E-state index contributed by atoms with van der Waals surface area (Å²) in [5.74, 6) is 1.31. The molecule has 3 saturated heterocycles. The summed E-state index contributed by atoms with van der Waals surface area (Å²) in [7, 11) is -1.43. The van der Waals surface area contributed by atoms with Crippen molar-refractivity contribution >= 4 is 10.0 Å².